The minimum atomic E-state index is -0.671. The first-order chi connectivity index (χ1) is 8.20. The zero-order valence-electron chi connectivity index (χ0n) is 10.2. The molecule has 0 bridgehead atoms. The van der Waals surface area contributed by atoms with Gasteiger partial charge in [0.1, 0.15) is 6.10 Å². The van der Waals surface area contributed by atoms with E-state index in [1.165, 1.54) is 0 Å². The van der Waals surface area contributed by atoms with Crippen LogP contribution in [0.4, 0.5) is 0 Å². The topological polar surface area (TPSA) is 56.5 Å². The average molecular weight is 307 g/mol. The van der Waals surface area contributed by atoms with E-state index in [1.807, 2.05) is 0 Å². The van der Waals surface area contributed by atoms with Crippen molar-refractivity contribution in [2.24, 2.45) is 0 Å². The van der Waals surface area contributed by atoms with Crippen molar-refractivity contribution < 1.29 is 14.6 Å². The highest BCUT2D eigenvalue weighted by molar-refractivity contribution is 9.10. The number of rotatable bonds is 8. The van der Waals surface area contributed by atoms with Crippen LogP contribution in [0.25, 0.3) is 0 Å². The summed E-state index contributed by atoms with van der Waals surface area (Å²) in [4.78, 5) is 0. The number of hydrogen-bond donors (Lipinski definition) is 1. The van der Waals surface area contributed by atoms with Gasteiger partial charge in [-0.15, -0.1) is 0 Å². The standard InChI is InChI=1S/C11H19BrN2O3/c1-3-4-14-11(9(12)7-13-14)10(15)8-17-6-5-16-2/h7,10,15H,3-6,8H2,1-2H3. The van der Waals surface area contributed by atoms with E-state index in [0.717, 1.165) is 23.1 Å². The van der Waals surface area contributed by atoms with E-state index in [0.29, 0.717) is 13.2 Å². The maximum Gasteiger partial charge on any atom is 0.120 e. The van der Waals surface area contributed by atoms with E-state index < -0.39 is 6.10 Å². The summed E-state index contributed by atoms with van der Waals surface area (Å²) in [6.45, 7) is 4.11. The summed E-state index contributed by atoms with van der Waals surface area (Å²) in [6, 6.07) is 0. The fourth-order valence-corrected chi connectivity index (χ4v) is 2.07. The highest BCUT2D eigenvalue weighted by Gasteiger charge is 2.17. The van der Waals surface area contributed by atoms with E-state index in [-0.39, 0.29) is 6.61 Å². The zero-order valence-corrected chi connectivity index (χ0v) is 11.8. The lowest BCUT2D eigenvalue weighted by molar-refractivity contribution is 0.00907. The summed E-state index contributed by atoms with van der Waals surface area (Å²) in [6.07, 6.45) is 2.00. The Morgan fingerprint density at radius 2 is 2.29 bits per heavy atom. The van der Waals surface area contributed by atoms with Crippen molar-refractivity contribution in [3.05, 3.63) is 16.4 Å². The summed E-state index contributed by atoms with van der Waals surface area (Å²) < 4.78 is 12.8. The van der Waals surface area contributed by atoms with Gasteiger partial charge in [-0.2, -0.15) is 5.10 Å². The highest BCUT2D eigenvalue weighted by atomic mass is 79.9. The number of aliphatic hydroxyl groups is 1. The first-order valence-corrected chi connectivity index (χ1v) is 6.46. The second-order valence-corrected chi connectivity index (χ2v) is 4.54. The van der Waals surface area contributed by atoms with Crippen molar-refractivity contribution in [3.8, 4) is 0 Å². The number of nitrogens with zero attached hydrogens (tertiary/aromatic N) is 2. The van der Waals surface area contributed by atoms with Crippen LogP contribution < -0.4 is 0 Å². The van der Waals surface area contributed by atoms with Crippen molar-refractivity contribution in [1.29, 1.82) is 0 Å². The Hall–Kier alpha value is -0.430. The molecule has 6 heteroatoms. The van der Waals surface area contributed by atoms with E-state index in [2.05, 4.69) is 28.0 Å². The predicted molar refractivity (Wildman–Crippen MR) is 67.9 cm³/mol. The minimum absolute atomic E-state index is 0.247. The third-order valence-electron chi connectivity index (χ3n) is 2.29. The smallest absolute Gasteiger partial charge is 0.120 e. The SMILES string of the molecule is CCCn1ncc(Br)c1C(O)COCCOC. The van der Waals surface area contributed by atoms with Gasteiger partial charge in [0.25, 0.3) is 0 Å². The molecule has 0 spiro atoms. The molecule has 0 aliphatic heterocycles. The van der Waals surface area contributed by atoms with Crippen molar-refractivity contribution in [2.75, 3.05) is 26.9 Å². The van der Waals surface area contributed by atoms with E-state index in [9.17, 15) is 5.11 Å². The Morgan fingerprint density at radius 1 is 1.53 bits per heavy atom. The van der Waals surface area contributed by atoms with Gasteiger partial charge in [-0.25, -0.2) is 0 Å². The van der Waals surface area contributed by atoms with Gasteiger partial charge in [-0.1, -0.05) is 6.92 Å². The predicted octanol–water partition coefficient (Wildman–Crippen LogP) is 1.75. The number of aryl methyl sites for hydroxylation is 1. The van der Waals surface area contributed by atoms with Gasteiger partial charge in [0, 0.05) is 13.7 Å². The molecule has 0 fully saturated rings. The van der Waals surface area contributed by atoms with Gasteiger partial charge in [0.2, 0.25) is 0 Å². The van der Waals surface area contributed by atoms with Crippen molar-refractivity contribution in [2.45, 2.75) is 26.0 Å². The van der Waals surface area contributed by atoms with Gasteiger partial charge in [0.15, 0.2) is 0 Å². The van der Waals surface area contributed by atoms with Crippen LogP contribution in [0.3, 0.4) is 0 Å². The molecule has 1 atom stereocenters. The quantitative estimate of drug-likeness (QED) is 0.744. The average Bonchev–Trinajstić information content (AvgIpc) is 2.66. The molecular formula is C11H19BrN2O3. The molecule has 0 amide bonds. The van der Waals surface area contributed by atoms with Gasteiger partial charge in [0.05, 0.1) is 36.2 Å². The Bertz CT molecular complexity index is 331. The zero-order chi connectivity index (χ0) is 12.7. The molecule has 0 aliphatic rings. The van der Waals surface area contributed by atoms with Crippen LogP contribution in [-0.2, 0) is 16.0 Å². The first-order valence-electron chi connectivity index (χ1n) is 5.66. The molecule has 1 aromatic heterocycles. The van der Waals surface area contributed by atoms with Crippen LogP contribution in [0.15, 0.2) is 10.7 Å². The fourth-order valence-electron chi connectivity index (χ4n) is 1.51. The van der Waals surface area contributed by atoms with Gasteiger partial charge < -0.3 is 14.6 Å². The first kappa shape index (κ1) is 14.6. The van der Waals surface area contributed by atoms with Crippen LogP contribution in [0, 0.1) is 0 Å². The van der Waals surface area contributed by atoms with E-state index in [4.69, 9.17) is 9.47 Å². The number of methoxy groups -OCH3 is 1. The Kier molecular flexibility index (Phi) is 6.72. The normalized spacial score (nSPS) is 12.9. The molecule has 1 rings (SSSR count). The van der Waals surface area contributed by atoms with Gasteiger partial charge in [-0.3, -0.25) is 4.68 Å². The molecule has 0 saturated heterocycles. The fraction of sp³-hybridized carbons (Fsp3) is 0.727. The number of halogens is 1. The largest absolute Gasteiger partial charge is 0.384 e. The molecule has 0 aromatic carbocycles. The molecule has 1 heterocycles. The Labute approximate surface area is 110 Å². The van der Waals surface area contributed by atoms with Crippen LogP contribution in [0.5, 0.6) is 0 Å². The highest BCUT2D eigenvalue weighted by Crippen LogP contribution is 2.23. The van der Waals surface area contributed by atoms with E-state index in [1.54, 1.807) is 18.0 Å². The molecule has 1 aromatic rings. The third-order valence-corrected chi connectivity index (χ3v) is 2.90. The van der Waals surface area contributed by atoms with Crippen LogP contribution in [0.1, 0.15) is 25.1 Å². The molecule has 17 heavy (non-hydrogen) atoms. The summed E-state index contributed by atoms with van der Waals surface area (Å²) in [5.74, 6) is 0. The molecule has 0 radical (unpaired) electrons. The Balaban J connectivity index is 2.54. The number of aliphatic hydroxyl groups excluding tert-OH is 1. The second-order valence-electron chi connectivity index (χ2n) is 3.68. The second kappa shape index (κ2) is 7.81. The molecule has 98 valence electrons. The molecule has 0 aliphatic carbocycles. The summed E-state index contributed by atoms with van der Waals surface area (Å²) in [5.41, 5.74) is 0.768. The maximum absolute atomic E-state index is 10.0. The van der Waals surface area contributed by atoms with Gasteiger partial charge in [-0.05, 0) is 22.4 Å². The molecule has 5 nitrogen and oxygen atoms in total. The number of hydrogen-bond acceptors (Lipinski definition) is 4. The van der Waals surface area contributed by atoms with Crippen LogP contribution in [-0.4, -0.2) is 41.8 Å². The molecule has 1 unspecified atom stereocenters. The third kappa shape index (κ3) is 4.39. The summed E-state index contributed by atoms with van der Waals surface area (Å²) in [5, 5.41) is 14.2. The van der Waals surface area contributed by atoms with Crippen molar-refractivity contribution in [1.82, 2.24) is 9.78 Å². The molecule has 0 saturated carbocycles. The van der Waals surface area contributed by atoms with Crippen LogP contribution in [0.2, 0.25) is 0 Å². The monoisotopic (exact) mass is 306 g/mol. The summed E-state index contributed by atoms with van der Waals surface area (Å²) in [7, 11) is 1.62. The lowest BCUT2D eigenvalue weighted by Crippen LogP contribution is -2.15. The number of ether oxygens (including phenoxy) is 2. The van der Waals surface area contributed by atoms with E-state index >= 15 is 0 Å². The Morgan fingerprint density at radius 3 is 2.94 bits per heavy atom. The lowest BCUT2D eigenvalue weighted by Gasteiger charge is -2.14. The van der Waals surface area contributed by atoms with Gasteiger partial charge >= 0.3 is 0 Å². The summed E-state index contributed by atoms with van der Waals surface area (Å²) >= 11 is 3.39. The lowest BCUT2D eigenvalue weighted by atomic mass is 10.2. The maximum atomic E-state index is 10.0. The molecular weight excluding hydrogens is 288 g/mol. The van der Waals surface area contributed by atoms with Crippen molar-refractivity contribution >= 4 is 15.9 Å². The molecule has 1 N–H and O–H groups in total. The number of aromatic nitrogens is 2. The van der Waals surface area contributed by atoms with Crippen LogP contribution >= 0.6 is 15.9 Å². The van der Waals surface area contributed by atoms with Crippen molar-refractivity contribution in [3.63, 3.8) is 0 Å². The minimum Gasteiger partial charge on any atom is -0.384 e.